The molecule has 82 valence electrons. The number of halogens is 1. The van der Waals surface area contributed by atoms with E-state index >= 15 is 0 Å². The second-order valence-electron chi connectivity index (χ2n) is 3.63. The van der Waals surface area contributed by atoms with Crippen LogP contribution < -0.4 is 5.32 Å². The minimum Gasteiger partial charge on any atom is -0.377 e. The molecule has 1 atom stereocenters. The highest BCUT2D eigenvalue weighted by molar-refractivity contribution is 6.33. The summed E-state index contributed by atoms with van der Waals surface area (Å²) in [7, 11) is 0. The Labute approximate surface area is 100 Å². The smallest absolute Gasteiger partial charge is 0.0820 e. The van der Waals surface area contributed by atoms with Gasteiger partial charge in [-0.1, -0.05) is 41.9 Å². The Hall–Kier alpha value is -1.54. The van der Waals surface area contributed by atoms with Crippen molar-refractivity contribution in [2.75, 3.05) is 5.32 Å². The highest BCUT2D eigenvalue weighted by Crippen LogP contribution is 2.24. The summed E-state index contributed by atoms with van der Waals surface area (Å²) >= 11 is 6.03. The van der Waals surface area contributed by atoms with Gasteiger partial charge in [-0.15, -0.1) is 0 Å². The summed E-state index contributed by atoms with van der Waals surface area (Å²) in [6.07, 6.45) is 3.37. The lowest BCUT2D eigenvalue weighted by atomic mass is 10.1. The Morgan fingerprint density at radius 1 is 1.19 bits per heavy atom. The van der Waals surface area contributed by atoms with Crippen molar-refractivity contribution in [1.29, 1.82) is 0 Å². The number of anilines is 1. The highest BCUT2D eigenvalue weighted by Gasteiger charge is 2.06. The van der Waals surface area contributed by atoms with Crippen LogP contribution in [0.5, 0.6) is 0 Å². The molecule has 16 heavy (non-hydrogen) atoms. The van der Waals surface area contributed by atoms with E-state index in [0.717, 1.165) is 5.69 Å². The molecule has 1 N–H and O–H groups in total. The van der Waals surface area contributed by atoms with Gasteiger partial charge < -0.3 is 5.32 Å². The lowest BCUT2D eigenvalue weighted by molar-refractivity contribution is 0.884. The first kappa shape index (κ1) is 11.0. The molecular weight excluding hydrogens is 220 g/mol. The average molecular weight is 233 g/mol. The van der Waals surface area contributed by atoms with E-state index in [1.54, 1.807) is 12.4 Å². The lowest BCUT2D eigenvalue weighted by Gasteiger charge is -2.16. The fourth-order valence-electron chi connectivity index (χ4n) is 1.55. The maximum absolute atomic E-state index is 6.03. The van der Waals surface area contributed by atoms with Crippen molar-refractivity contribution in [1.82, 2.24) is 4.98 Å². The van der Waals surface area contributed by atoms with Crippen molar-refractivity contribution >= 4 is 17.3 Å². The zero-order valence-electron chi connectivity index (χ0n) is 9.02. The first-order valence-electron chi connectivity index (χ1n) is 5.18. The topological polar surface area (TPSA) is 24.9 Å². The number of nitrogens with zero attached hydrogens (tertiary/aromatic N) is 1. The van der Waals surface area contributed by atoms with E-state index in [0.29, 0.717) is 5.02 Å². The van der Waals surface area contributed by atoms with Crippen molar-refractivity contribution < 1.29 is 0 Å². The van der Waals surface area contributed by atoms with Crippen LogP contribution in [0.25, 0.3) is 0 Å². The zero-order chi connectivity index (χ0) is 11.4. The molecule has 0 saturated carbocycles. The van der Waals surface area contributed by atoms with Gasteiger partial charge in [0.2, 0.25) is 0 Å². The number of hydrogen-bond donors (Lipinski definition) is 1. The Morgan fingerprint density at radius 3 is 2.62 bits per heavy atom. The van der Waals surface area contributed by atoms with Gasteiger partial charge >= 0.3 is 0 Å². The van der Waals surface area contributed by atoms with Gasteiger partial charge in [-0.2, -0.15) is 0 Å². The Balaban J connectivity index is 2.14. The van der Waals surface area contributed by atoms with Crippen LogP contribution in [0, 0.1) is 0 Å². The second kappa shape index (κ2) is 4.99. The van der Waals surface area contributed by atoms with Crippen molar-refractivity contribution in [3.63, 3.8) is 0 Å². The van der Waals surface area contributed by atoms with Crippen LogP contribution in [0.3, 0.4) is 0 Å². The molecule has 1 heterocycles. The molecule has 0 aliphatic heterocycles. The Morgan fingerprint density at radius 2 is 1.94 bits per heavy atom. The molecular formula is C13H13ClN2. The second-order valence-corrected chi connectivity index (χ2v) is 4.04. The SMILES string of the molecule is CC(Nc1ccncc1Cl)c1ccccc1. The maximum Gasteiger partial charge on any atom is 0.0820 e. The summed E-state index contributed by atoms with van der Waals surface area (Å²) in [6.45, 7) is 2.10. The van der Waals surface area contributed by atoms with Gasteiger partial charge in [-0.25, -0.2) is 0 Å². The Bertz CT molecular complexity index is 456. The van der Waals surface area contributed by atoms with Gasteiger partial charge in [0.25, 0.3) is 0 Å². The van der Waals surface area contributed by atoms with Gasteiger partial charge in [0, 0.05) is 18.4 Å². The molecule has 0 spiro atoms. The molecule has 0 amide bonds. The van der Waals surface area contributed by atoms with Crippen LogP contribution >= 0.6 is 11.6 Å². The number of nitrogens with one attached hydrogen (secondary N) is 1. The third-order valence-electron chi connectivity index (χ3n) is 2.44. The quantitative estimate of drug-likeness (QED) is 0.868. The van der Waals surface area contributed by atoms with Crippen LogP contribution in [0.2, 0.25) is 5.02 Å². The molecule has 0 fully saturated rings. The van der Waals surface area contributed by atoms with Crippen molar-refractivity contribution in [3.05, 3.63) is 59.4 Å². The molecule has 1 unspecified atom stereocenters. The minimum absolute atomic E-state index is 0.223. The molecule has 0 radical (unpaired) electrons. The normalized spacial score (nSPS) is 12.1. The molecule has 0 bridgehead atoms. The standard InChI is InChI=1S/C13H13ClN2/c1-10(11-5-3-2-4-6-11)16-13-7-8-15-9-12(13)14/h2-10H,1H3,(H,15,16). The molecule has 3 heteroatoms. The molecule has 2 rings (SSSR count). The number of aromatic nitrogens is 1. The summed E-state index contributed by atoms with van der Waals surface area (Å²) in [6, 6.07) is 12.3. The third-order valence-corrected chi connectivity index (χ3v) is 2.75. The molecule has 2 nitrogen and oxygen atoms in total. The van der Waals surface area contributed by atoms with Crippen molar-refractivity contribution in [2.45, 2.75) is 13.0 Å². The number of rotatable bonds is 3. The zero-order valence-corrected chi connectivity index (χ0v) is 9.78. The summed E-state index contributed by atoms with van der Waals surface area (Å²) in [5.74, 6) is 0. The molecule has 0 saturated heterocycles. The first-order chi connectivity index (χ1) is 7.77. The molecule has 1 aromatic carbocycles. The van der Waals surface area contributed by atoms with Crippen molar-refractivity contribution in [2.24, 2.45) is 0 Å². The molecule has 0 aliphatic rings. The fraction of sp³-hybridized carbons (Fsp3) is 0.154. The summed E-state index contributed by atoms with van der Waals surface area (Å²) < 4.78 is 0. The number of hydrogen-bond acceptors (Lipinski definition) is 2. The largest absolute Gasteiger partial charge is 0.377 e. The van der Waals surface area contributed by atoms with E-state index in [9.17, 15) is 0 Å². The van der Waals surface area contributed by atoms with Crippen LogP contribution in [0.1, 0.15) is 18.5 Å². The third kappa shape index (κ3) is 2.52. The van der Waals surface area contributed by atoms with Crippen LogP contribution in [0.15, 0.2) is 48.8 Å². The van der Waals surface area contributed by atoms with E-state index in [1.807, 2.05) is 24.3 Å². The summed E-state index contributed by atoms with van der Waals surface area (Å²) in [4.78, 5) is 3.95. The monoisotopic (exact) mass is 232 g/mol. The van der Waals surface area contributed by atoms with Gasteiger partial charge in [0.15, 0.2) is 0 Å². The van der Waals surface area contributed by atoms with Gasteiger partial charge in [0.1, 0.15) is 0 Å². The van der Waals surface area contributed by atoms with E-state index in [-0.39, 0.29) is 6.04 Å². The minimum atomic E-state index is 0.223. The van der Waals surface area contributed by atoms with Gasteiger partial charge in [-0.05, 0) is 18.6 Å². The average Bonchev–Trinajstić information content (AvgIpc) is 2.33. The van der Waals surface area contributed by atoms with Crippen LogP contribution in [0.4, 0.5) is 5.69 Å². The van der Waals surface area contributed by atoms with Crippen molar-refractivity contribution in [3.8, 4) is 0 Å². The number of pyridine rings is 1. The molecule has 0 aliphatic carbocycles. The maximum atomic E-state index is 6.03. The predicted molar refractivity (Wildman–Crippen MR) is 67.7 cm³/mol. The lowest BCUT2D eigenvalue weighted by Crippen LogP contribution is -2.06. The molecule has 1 aromatic heterocycles. The van der Waals surface area contributed by atoms with Crippen LogP contribution in [-0.2, 0) is 0 Å². The predicted octanol–water partition coefficient (Wildman–Crippen LogP) is 3.91. The molecule has 2 aromatic rings. The number of benzene rings is 1. The highest BCUT2D eigenvalue weighted by atomic mass is 35.5. The van der Waals surface area contributed by atoms with E-state index in [2.05, 4.69) is 29.4 Å². The first-order valence-corrected chi connectivity index (χ1v) is 5.56. The Kier molecular flexibility index (Phi) is 3.42. The summed E-state index contributed by atoms with van der Waals surface area (Å²) in [5, 5.41) is 4.00. The summed E-state index contributed by atoms with van der Waals surface area (Å²) in [5.41, 5.74) is 2.14. The van der Waals surface area contributed by atoms with E-state index in [4.69, 9.17) is 11.6 Å². The fourth-order valence-corrected chi connectivity index (χ4v) is 1.72. The van der Waals surface area contributed by atoms with E-state index in [1.165, 1.54) is 5.56 Å². The van der Waals surface area contributed by atoms with Gasteiger partial charge in [0.05, 0.1) is 10.7 Å². The van der Waals surface area contributed by atoms with Gasteiger partial charge in [-0.3, -0.25) is 4.98 Å². The van der Waals surface area contributed by atoms with E-state index < -0.39 is 0 Å². The van der Waals surface area contributed by atoms with Crippen LogP contribution in [-0.4, -0.2) is 4.98 Å².